The van der Waals surface area contributed by atoms with Gasteiger partial charge in [-0.15, -0.1) is 11.3 Å². The first-order valence-corrected chi connectivity index (χ1v) is 5.65. The summed E-state index contributed by atoms with van der Waals surface area (Å²) in [4.78, 5) is 15.6. The minimum Gasteiger partial charge on any atom is -0.543 e. The zero-order valence-electron chi connectivity index (χ0n) is 8.52. The number of aromatic nitrogens is 1. The molecule has 0 fully saturated rings. The number of aliphatic hydroxyl groups is 1. The van der Waals surface area contributed by atoms with Gasteiger partial charge in [0.25, 0.3) is 0 Å². The van der Waals surface area contributed by atoms with E-state index in [-0.39, 0.29) is 12.3 Å². The normalized spacial score (nSPS) is 12.7. The number of hydrogen-bond donors (Lipinski definition) is 2. The van der Waals surface area contributed by atoms with Gasteiger partial charge in [-0.1, -0.05) is 0 Å². The molecule has 0 aliphatic heterocycles. The van der Waals surface area contributed by atoms with Gasteiger partial charge in [0.15, 0.2) is 0 Å². The smallest absolute Gasteiger partial charge is 0.148 e. The van der Waals surface area contributed by atoms with Crippen molar-refractivity contribution in [2.45, 2.75) is 13.5 Å². The number of thiazole rings is 1. The highest BCUT2D eigenvalue weighted by molar-refractivity contribution is 7.09. The highest BCUT2D eigenvalue weighted by Crippen LogP contribution is 2.07. The first-order valence-electron chi connectivity index (χ1n) is 4.77. The average molecular weight is 230 g/mol. The molecule has 0 radical (unpaired) electrons. The Morgan fingerprint density at radius 1 is 1.73 bits per heavy atom. The van der Waals surface area contributed by atoms with E-state index in [1.165, 1.54) is 21.6 Å². The molecule has 6 heteroatoms. The van der Waals surface area contributed by atoms with E-state index < -0.39 is 5.97 Å². The number of rotatable bonds is 6. The third-order valence-electron chi connectivity index (χ3n) is 2.13. The Morgan fingerprint density at radius 3 is 2.93 bits per heavy atom. The Bertz CT molecular complexity index is 327. The summed E-state index contributed by atoms with van der Waals surface area (Å²) in [7, 11) is 0. The van der Waals surface area contributed by atoms with Crippen molar-refractivity contribution in [3.63, 3.8) is 0 Å². The van der Waals surface area contributed by atoms with Crippen molar-refractivity contribution >= 4 is 17.3 Å². The lowest BCUT2D eigenvalue weighted by Gasteiger charge is -2.14. The van der Waals surface area contributed by atoms with Gasteiger partial charge < -0.3 is 19.9 Å². The number of nitrogens with one attached hydrogen (secondary N) is 1. The number of likely N-dealkylation sites (N-methyl/N-ethyl adjacent to an activating group) is 1. The van der Waals surface area contributed by atoms with Crippen LogP contribution >= 0.6 is 11.3 Å². The molecule has 0 aromatic carbocycles. The maximum Gasteiger partial charge on any atom is 0.148 e. The lowest BCUT2D eigenvalue weighted by atomic mass is 10.4. The van der Waals surface area contributed by atoms with E-state index in [0.29, 0.717) is 13.1 Å². The molecule has 1 rings (SSSR count). The van der Waals surface area contributed by atoms with Crippen molar-refractivity contribution in [3.8, 4) is 0 Å². The number of carboxylic acid groups (broad SMARTS) is 1. The van der Waals surface area contributed by atoms with E-state index in [9.17, 15) is 9.90 Å². The molecule has 0 spiro atoms. The maximum absolute atomic E-state index is 10.5. The van der Waals surface area contributed by atoms with E-state index in [2.05, 4.69) is 4.98 Å². The second kappa shape index (κ2) is 5.79. The van der Waals surface area contributed by atoms with Gasteiger partial charge in [0.1, 0.15) is 18.1 Å². The van der Waals surface area contributed by atoms with Gasteiger partial charge in [-0.25, -0.2) is 4.98 Å². The minimum atomic E-state index is -1.24. The molecule has 84 valence electrons. The van der Waals surface area contributed by atoms with Crippen molar-refractivity contribution in [1.29, 1.82) is 0 Å². The molecule has 0 amide bonds. The standard InChI is InChI=1S/C9H14N2O3S/c1-2-11(3-4-12)5-8-10-7(6-15-8)9(13)14/h6,12H,2-5H2,1H3,(H,13,14). The summed E-state index contributed by atoms with van der Waals surface area (Å²) < 4.78 is 0. The minimum absolute atomic E-state index is 0.00514. The number of carbonyl (C=O) groups excluding carboxylic acids is 1. The Balaban J connectivity index is 2.59. The van der Waals surface area contributed by atoms with Crippen molar-refractivity contribution in [2.75, 3.05) is 19.7 Å². The lowest BCUT2D eigenvalue weighted by Crippen LogP contribution is -3.10. The van der Waals surface area contributed by atoms with E-state index in [1.54, 1.807) is 0 Å². The number of carboxylic acids is 1. The van der Waals surface area contributed by atoms with Crippen LogP contribution in [0.1, 0.15) is 22.4 Å². The summed E-state index contributed by atoms with van der Waals surface area (Å²) in [5.74, 6) is -1.24. The zero-order valence-corrected chi connectivity index (χ0v) is 9.34. The zero-order chi connectivity index (χ0) is 11.3. The maximum atomic E-state index is 10.5. The highest BCUT2D eigenvalue weighted by Gasteiger charge is 2.10. The quantitative estimate of drug-likeness (QED) is 0.587. The fourth-order valence-electron chi connectivity index (χ4n) is 1.25. The van der Waals surface area contributed by atoms with Gasteiger partial charge >= 0.3 is 0 Å². The lowest BCUT2D eigenvalue weighted by molar-refractivity contribution is -0.912. The van der Waals surface area contributed by atoms with E-state index in [1.807, 2.05) is 6.92 Å². The Kier molecular flexibility index (Phi) is 4.67. The Labute approximate surface area is 92.0 Å². The van der Waals surface area contributed by atoms with Crippen LogP contribution in [0.4, 0.5) is 0 Å². The van der Waals surface area contributed by atoms with Crippen molar-refractivity contribution in [2.24, 2.45) is 0 Å². The van der Waals surface area contributed by atoms with Crippen molar-refractivity contribution in [3.05, 3.63) is 16.1 Å². The predicted octanol–water partition coefficient (Wildman–Crippen LogP) is -2.10. The Hall–Kier alpha value is -0.980. The number of aromatic carboxylic acids is 1. The molecule has 2 N–H and O–H groups in total. The van der Waals surface area contributed by atoms with Gasteiger partial charge in [0, 0.05) is 5.38 Å². The number of quaternary nitrogens is 1. The molecule has 0 aliphatic carbocycles. The molecule has 1 unspecified atom stereocenters. The largest absolute Gasteiger partial charge is 0.543 e. The molecule has 1 atom stereocenters. The summed E-state index contributed by atoms with van der Waals surface area (Å²) >= 11 is 1.31. The molecule has 0 bridgehead atoms. The van der Waals surface area contributed by atoms with Gasteiger partial charge in [0.2, 0.25) is 0 Å². The van der Waals surface area contributed by atoms with Crippen LogP contribution in [0.5, 0.6) is 0 Å². The van der Waals surface area contributed by atoms with Crippen LogP contribution in [-0.2, 0) is 6.54 Å². The third kappa shape index (κ3) is 3.58. The third-order valence-corrected chi connectivity index (χ3v) is 2.98. The number of aliphatic hydroxyl groups excluding tert-OH is 1. The van der Waals surface area contributed by atoms with Crippen LogP contribution in [0.15, 0.2) is 5.38 Å². The summed E-state index contributed by atoms with van der Waals surface area (Å²) in [5, 5.41) is 21.5. The van der Waals surface area contributed by atoms with Gasteiger partial charge in [-0.05, 0) is 6.92 Å². The van der Waals surface area contributed by atoms with Gasteiger partial charge in [-0.3, -0.25) is 0 Å². The molecule has 5 nitrogen and oxygen atoms in total. The number of hydrogen-bond acceptors (Lipinski definition) is 5. The topological polar surface area (TPSA) is 77.7 Å². The van der Waals surface area contributed by atoms with Crippen LogP contribution in [0.25, 0.3) is 0 Å². The number of nitrogens with zero attached hydrogens (tertiary/aromatic N) is 1. The van der Waals surface area contributed by atoms with Gasteiger partial charge in [0.05, 0.1) is 24.8 Å². The van der Waals surface area contributed by atoms with Crippen molar-refractivity contribution < 1.29 is 19.9 Å². The molecule has 1 aromatic heterocycles. The van der Waals surface area contributed by atoms with Crippen LogP contribution in [0.2, 0.25) is 0 Å². The molecule has 0 saturated carbocycles. The van der Waals surface area contributed by atoms with E-state index in [0.717, 1.165) is 11.6 Å². The van der Waals surface area contributed by atoms with Crippen LogP contribution < -0.4 is 10.0 Å². The van der Waals surface area contributed by atoms with Crippen LogP contribution in [0.3, 0.4) is 0 Å². The Morgan fingerprint density at radius 2 is 2.47 bits per heavy atom. The molecule has 15 heavy (non-hydrogen) atoms. The molecule has 1 aromatic rings. The summed E-state index contributed by atoms with van der Waals surface area (Å²) in [6.07, 6.45) is 0. The van der Waals surface area contributed by atoms with Crippen molar-refractivity contribution in [1.82, 2.24) is 4.98 Å². The SMILES string of the molecule is CC[NH+](CCO)Cc1nc(C(=O)[O-])cs1. The van der Waals surface area contributed by atoms with Crippen LogP contribution in [-0.4, -0.2) is 35.8 Å². The first-order chi connectivity index (χ1) is 7.17. The summed E-state index contributed by atoms with van der Waals surface area (Å²) in [6.45, 7) is 4.31. The molecule has 1 heterocycles. The fraction of sp³-hybridized carbons (Fsp3) is 0.556. The van der Waals surface area contributed by atoms with Gasteiger partial charge in [-0.2, -0.15) is 0 Å². The second-order valence-electron chi connectivity index (χ2n) is 3.17. The predicted molar refractivity (Wildman–Crippen MR) is 53.6 cm³/mol. The summed E-state index contributed by atoms with van der Waals surface area (Å²) in [5.41, 5.74) is -0.00514. The summed E-state index contributed by atoms with van der Waals surface area (Å²) in [6, 6.07) is 0. The molecule has 0 saturated heterocycles. The first kappa shape index (κ1) is 12.1. The van der Waals surface area contributed by atoms with E-state index >= 15 is 0 Å². The molecular weight excluding hydrogens is 216 g/mol. The number of carbonyl (C=O) groups is 1. The average Bonchev–Trinajstić information content (AvgIpc) is 2.65. The fourth-order valence-corrected chi connectivity index (χ4v) is 2.08. The van der Waals surface area contributed by atoms with Crippen LogP contribution in [0, 0.1) is 0 Å². The van der Waals surface area contributed by atoms with E-state index in [4.69, 9.17) is 5.11 Å². The monoisotopic (exact) mass is 230 g/mol. The molecular formula is C9H14N2O3S. The highest BCUT2D eigenvalue weighted by atomic mass is 32.1. The second-order valence-corrected chi connectivity index (χ2v) is 4.11. The molecule has 0 aliphatic rings.